The maximum Gasteiger partial charge on any atom is 0.234 e. The van der Waals surface area contributed by atoms with Crippen LogP contribution >= 0.6 is 11.8 Å². The molecule has 0 spiro atoms. The maximum absolute atomic E-state index is 12.2. The third-order valence-electron chi connectivity index (χ3n) is 4.44. The maximum atomic E-state index is 12.2. The molecule has 1 aliphatic heterocycles. The van der Waals surface area contributed by atoms with Gasteiger partial charge in [-0.25, -0.2) is 0 Å². The third kappa shape index (κ3) is 5.38. The van der Waals surface area contributed by atoms with Crippen molar-refractivity contribution in [2.24, 2.45) is 7.05 Å². The Bertz CT molecular complexity index is 800. The number of hydrogen-bond acceptors (Lipinski definition) is 6. The Balaban J connectivity index is 1.50. The van der Waals surface area contributed by atoms with Gasteiger partial charge in [0.15, 0.2) is 16.8 Å². The quantitative estimate of drug-likeness (QED) is 0.517. The van der Waals surface area contributed by atoms with E-state index in [0.29, 0.717) is 11.3 Å². The van der Waals surface area contributed by atoms with Gasteiger partial charge in [-0.2, -0.15) is 0 Å². The smallest absolute Gasteiger partial charge is 0.234 e. The number of ketones is 1. The number of ether oxygens (including phenoxy) is 1. The van der Waals surface area contributed by atoms with Crippen LogP contribution in [0.4, 0.5) is 5.69 Å². The number of quaternary nitrogens is 1. The fraction of sp³-hybridized carbons (Fsp3) is 0.444. The van der Waals surface area contributed by atoms with Gasteiger partial charge in [-0.15, -0.1) is 10.2 Å². The van der Waals surface area contributed by atoms with E-state index >= 15 is 0 Å². The largest absolute Gasteiger partial charge is 0.370 e. The van der Waals surface area contributed by atoms with Crippen molar-refractivity contribution in [2.75, 3.05) is 37.4 Å². The van der Waals surface area contributed by atoms with E-state index in [1.54, 1.807) is 24.3 Å². The molecule has 2 heterocycles. The number of hydrogen-bond donors (Lipinski definition) is 2. The Kier molecular flexibility index (Phi) is 6.59. The molecule has 1 fully saturated rings. The number of rotatable bonds is 7. The third-order valence-corrected chi connectivity index (χ3v) is 5.46. The fourth-order valence-corrected chi connectivity index (χ4v) is 3.53. The minimum absolute atomic E-state index is 0.000402. The van der Waals surface area contributed by atoms with E-state index in [2.05, 4.69) is 15.5 Å². The Hall–Kier alpha value is -2.23. The molecular formula is C18H24N5O3S+. The Morgan fingerprint density at radius 3 is 2.59 bits per heavy atom. The van der Waals surface area contributed by atoms with Crippen LogP contribution in [-0.2, 0) is 23.1 Å². The standard InChI is InChI=1S/C18H23N5O3S/c1-13(24)14-3-5-15(6-4-14)19-17(25)12-27-18-21-20-16(22(18)2)11-23-7-9-26-10-8-23/h3-6H,7-12H2,1-2H3,(H,19,25)/p+1. The zero-order chi connectivity index (χ0) is 19.2. The number of amides is 1. The Morgan fingerprint density at radius 2 is 1.93 bits per heavy atom. The van der Waals surface area contributed by atoms with Crippen LogP contribution in [0.15, 0.2) is 29.4 Å². The minimum Gasteiger partial charge on any atom is -0.370 e. The van der Waals surface area contributed by atoms with Crippen LogP contribution in [0.3, 0.4) is 0 Å². The number of morpholine rings is 1. The molecule has 1 aliphatic rings. The molecule has 0 saturated carbocycles. The molecule has 27 heavy (non-hydrogen) atoms. The molecule has 0 aliphatic carbocycles. The summed E-state index contributed by atoms with van der Waals surface area (Å²) in [5.41, 5.74) is 1.29. The highest BCUT2D eigenvalue weighted by molar-refractivity contribution is 7.99. The van der Waals surface area contributed by atoms with Crippen molar-refractivity contribution in [1.82, 2.24) is 14.8 Å². The summed E-state index contributed by atoms with van der Waals surface area (Å²) < 4.78 is 7.32. The van der Waals surface area contributed by atoms with Crippen molar-refractivity contribution in [3.63, 3.8) is 0 Å². The van der Waals surface area contributed by atoms with Gasteiger partial charge in [-0.3, -0.25) is 9.59 Å². The lowest BCUT2D eigenvalue weighted by Gasteiger charge is -2.23. The van der Waals surface area contributed by atoms with Gasteiger partial charge in [0, 0.05) is 18.3 Å². The van der Waals surface area contributed by atoms with Crippen LogP contribution in [0.25, 0.3) is 0 Å². The zero-order valence-electron chi connectivity index (χ0n) is 15.5. The van der Waals surface area contributed by atoms with Gasteiger partial charge in [-0.05, 0) is 31.2 Å². The first-order chi connectivity index (χ1) is 13.0. The fourth-order valence-electron chi connectivity index (χ4n) is 2.80. The number of aromatic nitrogens is 3. The van der Waals surface area contributed by atoms with Crippen LogP contribution in [0.2, 0.25) is 0 Å². The summed E-state index contributed by atoms with van der Waals surface area (Å²) in [6.07, 6.45) is 0. The summed E-state index contributed by atoms with van der Waals surface area (Å²) >= 11 is 1.35. The Labute approximate surface area is 162 Å². The lowest BCUT2D eigenvalue weighted by molar-refractivity contribution is -0.922. The van der Waals surface area contributed by atoms with Crippen molar-refractivity contribution < 1.29 is 19.2 Å². The predicted molar refractivity (Wildman–Crippen MR) is 102 cm³/mol. The molecule has 0 bridgehead atoms. The first-order valence-electron chi connectivity index (χ1n) is 8.86. The molecule has 144 valence electrons. The highest BCUT2D eigenvalue weighted by Gasteiger charge is 2.19. The highest BCUT2D eigenvalue weighted by Crippen LogP contribution is 2.16. The van der Waals surface area contributed by atoms with Crippen molar-refractivity contribution in [3.8, 4) is 0 Å². The van der Waals surface area contributed by atoms with Gasteiger partial charge in [0.05, 0.1) is 19.0 Å². The van der Waals surface area contributed by atoms with Gasteiger partial charge in [0.2, 0.25) is 5.91 Å². The number of thioether (sulfide) groups is 1. The summed E-state index contributed by atoms with van der Waals surface area (Å²) in [5, 5.41) is 12.0. The minimum atomic E-state index is -0.126. The van der Waals surface area contributed by atoms with E-state index in [9.17, 15) is 9.59 Å². The zero-order valence-corrected chi connectivity index (χ0v) is 16.3. The van der Waals surface area contributed by atoms with E-state index in [-0.39, 0.29) is 17.4 Å². The highest BCUT2D eigenvalue weighted by atomic mass is 32.2. The van der Waals surface area contributed by atoms with Gasteiger partial charge >= 0.3 is 0 Å². The van der Waals surface area contributed by atoms with Gasteiger partial charge in [0.25, 0.3) is 0 Å². The van der Waals surface area contributed by atoms with Gasteiger partial charge in [0.1, 0.15) is 19.6 Å². The molecule has 1 aromatic heterocycles. The summed E-state index contributed by atoms with van der Waals surface area (Å²) in [5.74, 6) is 1.03. The molecule has 3 rings (SSSR count). The van der Waals surface area contributed by atoms with Crippen LogP contribution in [0.5, 0.6) is 0 Å². The average Bonchev–Trinajstić information content (AvgIpc) is 3.01. The SMILES string of the molecule is CC(=O)c1ccc(NC(=O)CSc2nnc(C[NH+]3CCOCC3)n2C)cc1. The van der Waals surface area contributed by atoms with Crippen molar-refractivity contribution >= 4 is 29.1 Å². The van der Waals surface area contributed by atoms with Crippen molar-refractivity contribution in [1.29, 1.82) is 0 Å². The molecule has 0 radical (unpaired) electrons. The molecule has 1 amide bonds. The number of nitrogens with one attached hydrogen (secondary N) is 2. The van der Waals surface area contributed by atoms with E-state index in [1.165, 1.54) is 23.6 Å². The second-order valence-corrected chi connectivity index (χ2v) is 7.41. The lowest BCUT2D eigenvalue weighted by Crippen LogP contribution is -3.12. The van der Waals surface area contributed by atoms with Crippen LogP contribution < -0.4 is 10.2 Å². The summed E-state index contributed by atoms with van der Waals surface area (Å²) in [7, 11) is 1.93. The Morgan fingerprint density at radius 1 is 1.22 bits per heavy atom. The molecular weight excluding hydrogens is 366 g/mol. The first kappa shape index (κ1) is 19.5. The normalized spacial score (nSPS) is 14.9. The molecule has 2 aromatic rings. The van der Waals surface area contributed by atoms with E-state index in [1.807, 2.05) is 11.6 Å². The lowest BCUT2D eigenvalue weighted by atomic mass is 10.1. The summed E-state index contributed by atoms with van der Waals surface area (Å²) in [4.78, 5) is 24.9. The molecule has 9 heteroatoms. The predicted octanol–water partition coefficient (Wildman–Crippen LogP) is 0.164. The van der Waals surface area contributed by atoms with Crippen molar-refractivity contribution in [3.05, 3.63) is 35.7 Å². The molecule has 1 saturated heterocycles. The number of nitrogens with zero attached hydrogens (tertiary/aromatic N) is 3. The van der Waals surface area contributed by atoms with E-state index in [0.717, 1.165) is 43.8 Å². The van der Waals surface area contributed by atoms with Crippen LogP contribution in [0.1, 0.15) is 23.1 Å². The number of carbonyl (C=O) groups excluding carboxylic acids is 2. The number of anilines is 1. The number of Topliss-reactive ketones (excluding diaryl/α,β-unsaturated/α-hetero) is 1. The number of carbonyl (C=O) groups is 2. The number of benzene rings is 1. The summed E-state index contributed by atoms with van der Waals surface area (Å²) in [6, 6.07) is 6.86. The van der Waals surface area contributed by atoms with Gasteiger partial charge in [-0.1, -0.05) is 11.8 Å². The summed E-state index contributed by atoms with van der Waals surface area (Å²) in [6.45, 7) is 5.83. The van der Waals surface area contributed by atoms with E-state index < -0.39 is 0 Å². The van der Waals surface area contributed by atoms with Crippen molar-refractivity contribution in [2.45, 2.75) is 18.6 Å². The average molecular weight is 390 g/mol. The molecule has 2 N–H and O–H groups in total. The molecule has 0 unspecified atom stereocenters. The second kappa shape index (κ2) is 9.12. The topological polar surface area (TPSA) is 90.6 Å². The molecule has 1 aromatic carbocycles. The van der Waals surface area contributed by atoms with Crippen LogP contribution in [0, 0.1) is 0 Å². The van der Waals surface area contributed by atoms with E-state index in [4.69, 9.17) is 4.74 Å². The molecule has 0 atom stereocenters. The van der Waals surface area contributed by atoms with Gasteiger partial charge < -0.3 is 19.5 Å². The first-order valence-corrected chi connectivity index (χ1v) is 9.84. The second-order valence-electron chi connectivity index (χ2n) is 6.47. The monoisotopic (exact) mass is 390 g/mol. The molecule has 8 nitrogen and oxygen atoms in total. The van der Waals surface area contributed by atoms with Crippen LogP contribution in [-0.4, -0.2) is 58.5 Å².